The van der Waals surface area contributed by atoms with Gasteiger partial charge in [-0.3, -0.25) is 10.1 Å². The van der Waals surface area contributed by atoms with Crippen molar-refractivity contribution in [2.75, 3.05) is 7.11 Å². The third-order valence-corrected chi connectivity index (χ3v) is 7.02. The molecule has 5 rings (SSSR count). The second-order valence-electron chi connectivity index (χ2n) is 8.30. The number of carbonyl (C=O) groups is 1. The van der Waals surface area contributed by atoms with Gasteiger partial charge >= 0.3 is 5.97 Å². The number of hydrogen-bond donors (Lipinski definition) is 1. The maximum Gasteiger partial charge on any atom is 0.324 e. The standard InChI is InChI=1S/C28H24IN5O2/c1-36-27(35)23(17-34-19-32-24-25(29)30-18-31-26(24)34)33-28(20-11-5-2-6-12-20,21-13-7-3-8-14-21)22-15-9-4-10-16-22/h2-16,18-19,23,33H,17H2,1H3/t23-/m0/s1. The summed E-state index contributed by atoms with van der Waals surface area (Å²) in [6.07, 6.45) is 3.19. The zero-order valence-corrected chi connectivity index (χ0v) is 21.7. The molecule has 0 amide bonds. The molecule has 0 unspecified atom stereocenters. The molecule has 0 saturated carbocycles. The van der Waals surface area contributed by atoms with Crippen LogP contribution >= 0.6 is 22.6 Å². The van der Waals surface area contributed by atoms with Gasteiger partial charge in [0.15, 0.2) is 5.65 Å². The number of halogens is 1. The predicted molar refractivity (Wildman–Crippen MR) is 146 cm³/mol. The molecular weight excluding hydrogens is 565 g/mol. The molecule has 5 aromatic rings. The van der Waals surface area contributed by atoms with Crippen LogP contribution in [0.5, 0.6) is 0 Å². The molecule has 2 aromatic heterocycles. The summed E-state index contributed by atoms with van der Waals surface area (Å²) in [5.74, 6) is -0.382. The minimum Gasteiger partial charge on any atom is -0.468 e. The minimum atomic E-state index is -0.831. The fraction of sp³-hybridized carbons (Fsp3) is 0.143. The highest BCUT2D eigenvalue weighted by molar-refractivity contribution is 14.1. The van der Waals surface area contributed by atoms with Crippen LogP contribution < -0.4 is 5.32 Å². The van der Waals surface area contributed by atoms with Crippen molar-refractivity contribution in [1.29, 1.82) is 0 Å². The summed E-state index contributed by atoms with van der Waals surface area (Å²) in [7, 11) is 1.41. The van der Waals surface area contributed by atoms with Crippen molar-refractivity contribution >= 4 is 39.7 Å². The molecule has 2 heterocycles. The van der Waals surface area contributed by atoms with Gasteiger partial charge in [0, 0.05) is 0 Å². The first-order valence-electron chi connectivity index (χ1n) is 11.5. The third-order valence-electron chi connectivity index (χ3n) is 6.23. The molecule has 7 nitrogen and oxygen atoms in total. The van der Waals surface area contributed by atoms with E-state index >= 15 is 0 Å². The van der Waals surface area contributed by atoms with Crippen LogP contribution in [0.4, 0.5) is 0 Å². The number of fused-ring (bicyclic) bond motifs is 1. The maximum atomic E-state index is 13.3. The zero-order valence-electron chi connectivity index (χ0n) is 19.6. The van der Waals surface area contributed by atoms with Crippen molar-refractivity contribution in [2.24, 2.45) is 0 Å². The van der Waals surface area contributed by atoms with Gasteiger partial charge in [-0.1, -0.05) is 91.0 Å². The van der Waals surface area contributed by atoms with Crippen LogP contribution in [0.2, 0.25) is 0 Å². The number of methoxy groups -OCH3 is 1. The molecule has 8 heteroatoms. The Labute approximate surface area is 222 Å². The molecule has 36 heavy (non-hydrogen) atoms. The molecule has 0 radical (unpaired) electrons. The Kier molecular flexibility index (Phi) is 7.06. The molecule has 0 fully saturated rings. The first-order chi connectivity index (χ1) is 17.6. The molecule has 0 aliphatic rings. The number of carbonyl (C=O) groups excluding carboxylic acids is 1. The van der Waals surface area contributed by atoms with Crippen molar-refractivity contribution in [3.05, 3.63) is 124 Å². The molecule has 0 bridgehead atoms. The van der Waals surface area contributed by atoms with E-state index in [-0.39, 0.29) is 12.5 Å². The molecule has 0 aliphatic carbocycles. The lowest BCUT2D eigenvalue weighted by Crippen LogP contribution is -2.54. The predicted octanol–water partition coefficient (Wildman–Crippen LogP) is 4.55. The summed E-state index contributed by atoms with van der Waals surface area (Å²) in [5, 5.41) is 3.72. The van der Waals surface area contributed by atoms with Gasteiger partial charge in [-0.25, -0.2) is 15.0 Å². The van der Waals surface area contributed by atoms with Crippen LogP contribution in [0.1, 0.15) is 16.7 Å². The fourth-order valence-corrected chi connectivity index (χ4v) is 5.08. The molecule has 1 N–H and O–H groups in total. The van der Waals surface area contributed by atoms with E-state index in [0.717, 1.165) is 20.4 Å². The van der Waals surface area contributed by atoms with Gasteiger partial charge in [0.05, 0.1) is 25.5 Å². The molecule has 0 aliphatic heterocycles. The Morgan fingerprint density at radius 2 is 1.42 bits per heavy atom. The van der Waals surface area contributed by atoms with Crippen LogP contribution in [-0.2, 0) is 21.6 Å². The van der Waals surface area contributed by atoms with E-state index < -0.39 is 11.6 Å². The second kappa shape index (κ2) is 10.5. The summed E-state index contributed by atoms with van der Waals surface area (Å²) < 4.78 is 7.90. The number of imidazole rings is 1. The van der Waals surface area contributed by atoms with E-state index in [2.05, 4.69) is 79.3 Å². The van der Waals surface area contributed by atoms with Crippen molar-refractivity contribution in [2.45, 2.75) is 18.1 Å². The van der Waals surface area contributed by atoms with E-state index in [1.165, 1.54) is 13.4 Å². The zero-order chi connectivity index (χ0) is 25.0. The monoisotopic (exact) mass is 589 g/mol. The van der Waals surface area contributed by atoms with Crippen LogP contribution in [-0.4, -0.2) is 38.6 Å². The van der Waals surface area contributed by atoms with Gasteiger partial charge in [-0.05, 0) is 39.3 Å². The quantitative estimate of drug-likeness (QED) is 0.124. The van der Waals surface area contributed by atoms with E-state index in [9.17, 15) is 4.79 Å². The van der Waals surface area contributed by atoms with Gasteiger partial charge in [0.25, 0.3) is 0 Å². The van der Waals surface area contributed by atoms with Gasteiger partial charge in [0.2, 0.25) is 0 Å². The largest absolute Gasteiger partial charge is 0.468 e. The Morgan fingerprint density at radius 3 is 1.92 bits per heavy atom. The molecule has 0 spiro atoms. The number of ether oxygens (including phenoxy) is 1. The highest BCUT2D eigenvalue weighted by Gasteiger charge is 2.40. The van der Waals surface area contributed by atoms with Crippen molar-refractivity contribution in [3.63, 3.8) is 0 Å². The number of nitrogens with one attached hydrogen (secondary N) is 1. The average molecular weight is 589 g/mol. The number of aromatic nitrogens is 4. The smallest absolute Gasteiger partial charge is 0.324 e. The normalized spacial score (nSPS) is 12.4. The SMILES string of the molecule is COC(=O)[C@H](Cn1cnc2c(I)ncnc21)NC(c1ccccc1)(c1ccccc1)c1ccccc1. The number of benzene rings is 3. The summed E-state index contributed by atoms with van der Waals surface area (Å²) in [6.45, 7) is 0.268. The second-order valence-corrected chi connectivity index (χ2v) is 9.32. The van der Waals surface area contributed by atoms with Crippen LogP contribution in [0.15, 0.2) is 104 Å². The summed E-state index contributed by atoms with van der Waals surface area (Å²) in [4.78, 5) is 26.4. The third kappa shape index (κ3) is 4.49. The number of nitrogens with zero attached hydrogens (tertiary/aromatic N) is 4. The number of hydrogen-bond acceptors (Lipinski definition) is 6. The Bertz CT molecular complexity index is 1360. The summed E-state index contributed by atoms with van der Waals surface area (Å²) >= 11 is 2.14. The van der Waals surface area contributed by atoms with E-state index in [1.807, 2.05) is 59.2 Å². The van der Waals surface area contributed by atoms with Crippen molar-refractivity contribution < 1.29 is 9.53 Å². The maximum absolute atomic E-state index is 13.3. The number of esters is 1. The molecule has 1 atom stereocenters. The van der Waals surface area contributed by atoms with Gasteiger partial charge in [-0.15, -0.1) is 0 Å². The Morgan fingerprint density at radius 1 is 0.889 bits per heavy atom. The molecular formula is C28H24IN5O2. The van der Waals surface area contributed by atoms with E-state index in [0.29, 0.717) is 11.2 Å². The molecule has 3 aromatic carbocycles. The van der Waals surface area contributed by atoms with Gasteiger partial charge in [-0.2, -0.15) is 0 Å². The van der Waals surface area contributed by atoms with Crippen LogP contribution in [0.25, 0.3) is 11.2 Å². The average Bonchev–Trinajstić information content (AvgIpc) is 3.36. The summed E-state index contributed by atoms with van der Waals surface area (Å²) in [5.41, 5.74) is 3.54. The highest BCUT2D eigenvalue weighted by atomic mass is 127. The lowest BCUT2D eigenvalue weighted by molar-refractivity contribution is -0.144. The first-order valence-corrected chi connectivity index (χ1v) is 12.5. The number of rotatable bonds is 8. The minimum absolute atomic E-state index is 0.268. The lowest BCUT2D eigenvalue weighted by Gasteiger charge is -2.39. The molecule has 180 valence electrons. The van der Waals surface area contributed by atoms with E-state index in [4.69, 9.17) is 4.74 Å². The Balaban J connectivity index is 1.68. The van der Waals surface area contributed by atoms with Crippen molar-refractivity contribution in [1.82, 2.24) is 24.8 Å². The lowest BCUT2D eigenvalue weighted by atomic mass is 9.76. The van der Waals surface area contributed by atoms with E-state index in [1.54, 1.807) is 6.33 Å². The summed E-state index contributed by atoms with van der Waals surface area (Å²) in [6, 6.07) is 29.7. The molecule has 0 saturated heterocycles. The first kappa shape index (κ1) is 24.1. The van der Waals surface area contributed by atoms with Gasteiger partial charge < -0.3 is 9.30 Å². The fourth-order valence-electron chi connectivity index (χ4n) is 4.58. The topological polar surface area (TPSA) is 81.9 Å². The van der Waals surface area contributed by atoms with Crippen LogP contribution in [0.3, 0.4) is 0 Å². The highest BCUT2D eigenvalue weighted by Crippen LogP contribution is 2.37. The van der Waals surface area contributed by atoms with Gasteiger partial charge in [0.1, 0.15) is 21.6 Å². The van der Waals surface area contributed by atoms with Crippen molar-refractivity contribution in [3.8, 4) is 0 Å². The Hall–Kier alpha value is -3.63. The van der Waals surface area contributed by atoms with Crippen LogP contribution in [0, 0.1) is 3.70 Å².